The minimum absolute atomic E-state index is 0.0820. The van der Waals surface area contributed by atoms with Crippen molar-refractivity contribution >= 4 is 22.4 Å². The largest absolute Gasteiger partial charge is 0.507 e. The summed E-state index contributed by atoms with van der Waals surface area (Å²) in [5.74, 6) is 0.445. The van der Waals surface area contributed by atoms with Gasteiger partial charge in [0.2, 0.25) is 5.91 Å². The highest BCUT2D eigenvalue weighted by molar-refractivity contribution is 6.04. The molecule has 7 nitrogen and oxygen atoms in total. The molecule has 0 atom stereocenters. The zero-order chi connectivity index (χ0) is 14.8. The summed E-state index contributed by atoms with van der Waals surface area (Å²) in [6, 6.07) is 10.6. The molecule has 0 unspecified atom stereocenters. The number of nitrogens with one attached hydrogen (secondary N) is 1. The van der Waals surface area contributed by atoms with E-state index in [1.165, 1.54) is 4.68 Å². The summed E-state index contributed by atoms with van der Waals surface area (Å²) in [6.07, 6.45) is 0.0820. The average Bonchev–Trinajstić information content (AvgIpc) is 2.85. The summed E-state index contributed by atoms with van der Waals surface area (Å²) < 4.78 is 1.45. The van der Waals surface area contributed by atoms with Gasteiger partial charge in [-0.25, -0.2) is 4.68 Å². The molecule has 106 valence electrons. The smallest absolute Gasteiger partial charge is 0.232 e. The van der Waals surface area contributed by atoms with Crippen molar-refractivity contribution in [1.29, 1.82) is 0 Å². The number of nitrogens with zero attached hydrogens (tertiary/aromatic N) is 4. The van der Waals surface area contributed by atoms with Crippen LogP contribution in [-0.4, -0.2) is 31.2 Å². The standard InChI is InChI=1S/C14H13N5O2/c1-19-13(16-17-18-19)8-14(21)15-11-6-2-5-10-9(11)4-3-7-12(10)20/h2-7,20H,8H2,1H3,(H,15,21). The number of phenolic OH excluding ortho intramolecular Hbond substituents is 1. The number of carbonyl (C=O) groups excluding carboxylic acids is 1. The molecule has 0 fully saturated rings. The maximum Gasteiger partial charge on any atom is 0.232 e. The average molecular weight is 283 g/mol. The quantitative estimate of drug-likeness (QED) is 0.754. The second-order valence-electron chi connectivity index (χ2n) is 4.62. The molecular weight excluding hydrogens is 270 g/mol. The van der Waals surface area contributed by atoms with Crippen LogP contribution in [0.25, 0.3) is 10.8 Å². The first-order valence-corrected chi connectivity index (χ1v) is 6.37. The number of aromatic hydroxyl groups is 1. The fourth-order valence-corrected chi connectivity index (χ4v) is 2.14. The number of hydrogen-bond donors (Lipinski definition) is 2. The van der Waals surface area contributed by atoms with E-state index in [4.69, 9.17) is 0 Å². The first-order valence-electron chi connectivity index (χ1n) is 6.37. The van der Waals surface area contributed by atoms with Crippen LogP contribution in [0.1, 0.15) is 5.82 Å². The first kappa shape index (κ1) is 13.0. The number of carbonyl (C=O) groups is 1. The Balaban J connectivity index is 1.87. The van der Waals surface area contributed by atoms with Crippen molar-refractivity contribution in [3.63, 3.8) is 0 Å². The number of hydrogen-bond acceptors (Lipinski definition) is 5. The van der Waals surface area contributed by atoms with Crippen molar-refractivity contribution in [3.8, 4) is 5.75 Å². The van der Waals surface area contributed by atoms with Crippen molar-refractivity contribution in [2.45, 2.75) is 6.42 Å². The van der Waals surface area contributed by atoms with E-state index in [0.717, 1.165) is 5.39 Å². The zero-order valence-electron chi connectivity index (χ0n) is 11.3. The van der Waals surface area contributed by atoms with Crippen molar-refractivity contribution in [3.05, 3.63) is 42.2 Å². The number of benzene rings is 2. The van der Waals surface area contributed by atoms with Crippen LogP contribution in [0.15, 0.2) is 36.4 Å². The second kappa shape index (κ2) is 5.20. The number of aromatic nitrogens is 4. The molecule has 0 radical (unpaired) electrons. The Morgan fingerprint density at radius 3 is 2.76 bits per heavy atom. The van der Waals surface area contributed by atoms with Gasteiger partial charge in [0.1, 0.15) is 5.75 Å². The Hall–Kier alpha value is -2.96. The summed E-state index contributed by atoms with van der Waals surface area (Å²) in [7, 11) is 1.68. The number of amides is 1. The van der Waals surface area contributed by atoms with Crippen molar-refractivity contribution in [2.75, 3.05) is 5.32 Å². The molecule has 0 aliphatic heterocycles. The Kier molecular flexibility index (Phi) is 3.23. The van der Waals surface area contributed by atoms with Gasteiger partial charge in [-0.3, -0.25) is 4.79 Å². The van der Waals surface area contributed by atoms with E-state index in [1.807, 2.05) is 6.07 Å². The van der Waals surface area contributed by atoms with Gasteiger partial charge in [-0.05, 0) is 22.6 Å². The van der Waals surface area contributed by atoms with Crippen molar-refractivity contribution in [1.82, 2.24) is 20.2 Å². The molecule has 1 heterocycles. The minimum Gasteiger partial charge on any atom is -0.507 e. The van der Waals surface area contributed by atoms with Crippen molar-refractivity contribution < 1.29 is 9.90 Å². The van der Waals surface area contributed by atoms with Gasteiger partial charge in [0.15, 0.2) is 5.82 Å². The lowest BCUT2D eigenvalue weighted by Gasteiger charge is -2.09. The summed E-state index contributed by atoms with van der Waals surface area (Å²) in [6.45, 7) is 0. The van der Waals surface area contributed by atoms with E-state index in [-0.39, 0.29) is 18.1 Å². The number of fused-ring (bicyclic) bond motifs is 1. The van der Waals surface area contributed by atoms with E-state index in [0.29, 0.717) is 16.9 Å². The summed E-state index contributed by atoms with van der Waals surface area (Å²) in [5.41, 5.74) is 0.642. The number of aryl methyl sites for hydroxylation is 1. The third-order valence-electron chi connectivity index (χ3n) is 3.20. The van der Waals surface area contributed by atoms with Crippen molar-refractivity contribution in [2.24, 2.45) is 7.05 Å². The molecule has 2 aromatic carbocycles. The highest BCUT2D eigenvalue weighted by Crippen LogP contribution is 2.29. The van der Waals surface area contributed by atoms with Crippen LogP contribution in [0, 0.1) is 0 Å². The molecule has 0 saturated heterocycles. The van der Waals surface area contributed by atoms with Crippen LogP contribution in [0.5, 0.6) is 5.75 Å². The maximum absolute atomic E-state index is 12.1. The molecule has 1 aromatic heterocycles. The van der Waals surface area contributed by atoms with Crippen LogP contribution in [0.2, 0.25) is 0 Å². The third kappa shape index (κ3) is 2.53. The maximum atomic E-state index is 12.1. The number of rotatable bonds is 3. The predicted molar refractivity (Wildman–Crippen MR) is 76.7 cm³/mol. The lowest BCUT2D eigenvalue weighted by molar-refractivity contribution is -0.115. The van der Waals surface area contributed by atoms with Crippen LogP contribution < -0.4 is 5.32 Å². The Morgan fingerprint density at radius 1 is 1.24 bits per heavy atom. The molecule has 2 N–H and O–H groups in total. The van der Waals surface area contributed by atoms with Crippen LogP contribution >= 0.6 is 0 Å². The molecule has 0 aliphatic carbocycles. The van der Waals surface area contributed by atoms with E-state index < -0.39 is 0 Å². The first-order chi connectivity index (χ1) is 10.1. The van der Waals surface area contributed by atoms with Gasteiger partial charge < -0.3 is 10.4 Å². The topological polar surface area (TPSA) is 92.9 Å². The molecule has 0 saturated carbocycles. The molecule has 7 heteroatoms. The van der Waals surface area contributed by atoms with E-state index in [1.54, 1.807) is 37.4 Å². The lowest BCUT2D eigenvalue weighted by atomic mass is 10.1. The number of anilines is 1. The van der Waals surface area contributed by atoms with Gasteiger partial charge in [0.05, 0.1) is 6.42 Å². The van der Waals surface area contributed by atoms with Gasteiger partial charge >= 0.3 is 0 Å². The van der Waals surface area contributed by atoms with E-state index >= 15 is 0 Å². The Labute approximate surface area is 120 Å². The molecule has 3 aromatic rings. The minimum atomic E-state index is -0.219. The van der Waals surface area contributed by atoms with Gasteiger partial charge in [0.25, 0.3) is 0 Å². The molecule has 0 spiro atoms. The molecule has 0 aliphatic rings. The summed E-state index contributed by atoms with van der Waals surface area (Å²) >= 11 is 0. The fraction of sp³-hybridized carbons (Fsp3) is 0.143. The normalized spacial score (nSPS) is 10.7. The molecule has 3 rings (SSSR count). The SMILES string of the molecule is Cn1nnnc1CC(=O)Nc1cccc2c(O)cccc12. The van der Waals surface area contributed by atoms with Crippen LogP contribution in [0.4, 0.5) is 5.69 Å². The molecule has 1 amide bonds. The second-order valence-corrected chi connectivity index (χ2v) is 4.62. The number of phenols is 1. The molecule has 0 bridgehead atoms. The zero-order valence-corrected chi connectivity index (χ0v) is 11.3. The summed E-state index contributed by atoms with van der Waals surface area (Å²) in [4.78, 5) is 12.1. The lowest BCUT2D eigenvalue weighted by Crippen LogP contribution is -2.17. The Bertz CT molecular complexity index is 812. The highest BCUT2D eigenvalue weighted by atomic mass is 16.3. The summed E-state index contributed by atoms with van der Waals surface area (Å²) in [5, 5.41) is 25.1. The van der Waals surface area contributed by atoms with E-state index in [9.17, 15) is 9.90 Å². The fourth-order valence-electron chi connectivity index (χ4n) is 2.14. The monoisotopic (exact) mass is 283 g/mol. The van der Waals surface area contributed by atoms with Gasteiger partial charge in [0, 0.05) is 23.5 Å². The van der Waals surface area contributed by atoms with Gasteiger partial charge in [-0.1, -0.05) is 24.3 Å². The third-order valence-corrected chi connectivity index (χ3v) is 3.20. The highest BCUT2D eigenvalue weighted by Gasteiger charge is 2.11. The molecule has 21 heavy (non-hydrogen) atoms. The van der Waals surface area contributed by atoms with Gasteiger partial charge in [-0.15, -0.1) is 5.10 Å². The number of tetrazole rings is 1. The molecular formula is C14H13N5O2. The van der Waals surface area contributed by atoms with Crippen LogP contribution in [-0.2, 0) is 18.3 Å². The predicted octanol–water partition coefficient (Wildman–Crippen LogP) is 1.25. The van der Waals surface area contributed by atoms with Gasteiger partial charge in [-0.2, -0.15) is 0 Å². The van der Waals surface area contributed by atoms with E-state index in [2.05, 4.69) is 20.8 Å². The Morgan fingerprint density at radius 2 is 2.00 bits per heavy atom. The van der Waals surface area contributed by atoms with Crippen LogP contribution in [0.3, 0.4) is 0 Å².